The van der Waals surface area contributed by atoms with Gasteiger partial charge < -0.3 is 9.47 Å². The van der Waals surface area contributed by atoms with Crippen molar-refractivity contribution in [2.24, 2.45) is 0 Å². The molecule has 7 nitrogen and oxygen atoms in total. The number of hydrogen-bond acceptors (Lipinski definition) is 5. The van der Waals surface area contributed by atoms with E-state index < -0.39 is 13.1 Å². The second-order valence-corrected chi connectivity index (χ2v) is 5.78. The summed E-state index contributed by atoms with van der Waals surface area (Å²) in [6.45, 7) is 0.00561. The first-order valence-corrected chi connectivity index (χ1v) is 8.24. The lowest BCUT2D eigenvalue weighted by Gasteiger charge is -2.20. The number of carbonyl (C=O) groups is 1. The Labute approximate surface area is 165 Å². The van der Waals surface area contributed by atoms with E-state index in [9.17, 15) is 4.79 Å². The predicted octanol–water partition coefficient (Wildman–Crippen LogP) is 4.24. The number of benzene rings is 2. The van der Waals surface area contributed by atoms with Crippen molar-refractivity contribution in [3.63, 3.8) is 0 Å². The van der Waals surface area contributed by atoms with Gasteiger partial charge in [0.2, 0.25) is 5.88 Å². The first kappa shape index (κ1) is 15.1. The first-order valence-electron chi connectivity index (χ1n) is 9.36. The fraction of sp³-hybridized carbons (Fsp3) is 0.158. The molecule has 8 heteroatoms. The van der Waals surface area contributed by atoms with E-state index in [1.54, 1.807) is 47.3 Å². The molecule has 3 aromatic rings. The second kappa shape index (κ2) is 8.57. The van der Waals surface area contributed by atoms with Crippen molar-refractivity contribution >= 4 is 23.4 Å². The molecule has 0 bridgehead atoms. The minimum atomic E-state index is -2.85. The maximum absolute atomic E-state index is 12.1. The Morgan fingerprint density at radius 3 is 2.74 bits per heavy atom. The molecule has 0 fully saturated rings. The van der Waals surface area contributed by atoms with Crippen LogP contribution in [-0.2, 0) is 16.2 Å². The van der Waals surface area contributed by atoms with Gasteiger partial charge >= 0.3 is 6.09 Å². The molecule has 1 aromatic heterocycles. The van der Waals surface area contributed by atoms with Crippen molar-refractivity contribution in [3.8, 4) is 11.6 Å². The average molecular weight is 391 g/mol. The van der Waals surface area contributed by atoms with E-state index in [0.29, 0.717) is 21.5 Å². The van der Waals surface area contributed by atoms with E-state index in [1.807, 2.05) is 12.1 Å². The Balaban J connectivity index is 1.78. The van der Waals surface area contributed by atoms with Crippen LogP contribution in [0.2, 0.25) is 5.02 Å². The number of anilines is 1. The molecular formula is C19H18ClN3O4. The number of hydrogen-bond donors (Lipinski definition) is 0. The Kier molecular flexibility index (Phi) is 4.78. The van der Waals surface area contributed by atoms with E-state index >= 15 is 0 Å². The van der Waals surface area contributed by atoms with Crippen molar-refractivity contribution in [3.05, 3.63) is 71.4 Å². The minimum Gasteiger partial charge on any atom is -0.472 e. The van der Waals surface area contributed by atoms with Crippen LogP contribution in [0.25, 0.3) is 5.69 Å². The highest BCUT2D eigenvalue weighted by Gasteiger charge is 2.19. The Bertz CT molecular complexity index is 1010. The smallest absolute Gasteiger partial charge is 0.438 e. The highest BCUT2D eigenvalue weighted by Crippen LogP contribution is 2.23. The van der Waals surface area contributed by atoms with E-state index in [0.717, 1.165) is 12.8 Å². The van der Waals surface area contributed by atoms with Crippen LogP contribution >= 0.6 is 11.6 Å². The minimum absolute atomic E-state index is 0.00561. The summed E-state index contributed by atoms with van der Waals surface area (Å²) in [4.78, 5) is 16.9. The zero-order valence-electron chi connectivity index (χ0n) is 17.3. The number of amides is 1. The summed E-state index contributed by atoms with van der Waals surface area (Å²) in [5.41, 5.74) is 1.48. The zero-order chi connectivity index (χ0) is 21.7. The summed E-state index contributed by atoms with van der Waals surface area (Å²) in [6, 6.07) is 15.4. The maximum Gasteiger partial charge on any atom is 0.438 e. The van der Waals surface area contributed by atoms with Crippen molar-refractivity contribution in [2.75, 3.05) is 19.2 Å². The van der Waals surface area contributed by atoms with Gasteiger partial charge in [-0.3, -0.25) is 4.84 Å². The molecule has 0 N–H and O–H groups in total. The van der Waals surface area contributed by atoms with Crippen molar-refractivity contribution < 1.29 is 23.2 Å². The van der Waals surface area contributed by atoms with Crippen LogP contribution in [0, 0.1) is 0 Å². The summed E-state index contributed by atoms with van der Waals surface area (Å²) in [6.07, 6.45) is 0.744. The third-order valence-electron chi connectivity index (χ3n) is 3.67. The lowest BCUT2D eigenvalue weighted by atomic mass is 10.2. The molecule has 3 rings (SSSR count). The molecular weight excluding hydrogens is 370 g/mol. The molecule has 0 saturated carbocycles. The number of nitrogens with zero attached hydrogens (tertiary/aromatic N) is 3. The molecule has 0 aliphatic rings. The summed E-state index contributed by atoms with van der Waals surface area (Å²) in [7, 11) is -1.72. The van der Waals surface area contributed by atoms with Crippen LogP contribution < -0.4 is 9.80 Å². The van der Waals surface area contributed by atoms with Crippen LogP contribution in [0.15, 0.2) is 60.8 Å². The highest BCUT2D eigenvalue weighted by molar-refractivity contribution is 6.30. The van der Waals surface area contributed by atoms with Gasteiger partial charge in [-0.2, -0.15) is 5.06 Å². The van der Waals surface area contributed by atoms with Crippen LogP contribution in [0.5, 0.6) is 5.88 Å². The monoisotopic (exact) mass is 390 g/mol. The van der Waals surface area contributed by atoms with Gasteiger partial charge in [-0.15, -0.1) is 5.10 Å². The van der Waals surface area contributed by atoms with Gasteiger partial charge in [0, 0.05) is 22.8 Å². The van der Waals surface area contributed by atoms with E-state index in [4.69, 9.17) is 25.3 Å². The molecule has 2 aromatic carbocycles. The topological polar surface area (TPSA) is 65.8 Å². The number of aromatic nitrogens is 2. The Hall–Kier alpha value is -3.03. The van der Waals surface area contributed by atoms with Crippen LogP contribution in [0.3, 0.4) is 0 Å². The molecule has 1 amide bonds. The number of ether oxygens (including phenoxy) is 2. The normalized spacial score (nSPS) is 12.6. The van der Waals surface area contributed by atoms with Crippen LogP contribution in [0.4, 0.5) is 10.5 Å². The molecule has 0 unspecified atom stereocenters. The molecule has 140 valence electrons. The molecule has 0 saturated heterocycles. The van der Waals surface area contributed by atoms with Gasteiger partial charge in [0.15, 0.2) is 0 Å². The predicted molar refractivity (Wildman–Crippen MR) is 101 cm³/mol. The number of carbonyl (C=O) groups excluding carboxylic acids is 1. The summed E-state index contributed by atoms with van der Waals surface area (Å²) < 4.78 is 33.9. The van der Waals surface area contributed by atoms with E-state index in [2.05, 4.69) is 9.84 Å². The van der Waals surface area contributed by atoms with Gasteiger partial charge in [0.05, 0.1) is 29.6 Å². The van der Waals surface area contributed by atoms with Crippen molar-refractivity contribution in [1.82, 2.24) is 9.78 Å². The third kappa shape index (κ3) is 4.39. The molecule has 1 heterocycles. The first-order chi connectivity index (χ1) is 14.3. The molecule has 0 atom stereocenters. The van der Waals surface area contributed by atoms with Crippen molar-refractivity contribution in [2.45, 2.75) is 6.61 Å². The average Bonchev–Trinajstić information content (AvgIpc) is 3.19. The van der Waals surface area contributed by atoms with Gasteiger partial charge in [-0.1, -0.05) is 29.8 Å². The maximum atomic E-state index is 12.1. The zero-order valence-corrected chi connectivity index (χ0v) is 15.1. The van der Waals surface area contributed by atoms with Gasteiger partial charge in [-0.25, -0.2) is 9.48 Å². The fourth-order valence-corrected chi connectivity index (χ4v) is 2.50. The summed E-state index contributed by atoms with van der Waals surface area (Å²) in [5, 5.41) is 5.54. The number of halogens is 1. The number of hydroxylamine groups is 1. The molecule has 0 aliphatic heterocycles. The van der Waals surface area contributed by atoms with Crippen molar-refractivity contribution in [1.29, 1.82) is 0 Å². The van der Waals surface area contributed by atoms with Gasteiger partial charge in [0.25, 0.3) is 0 Å². The van der Waals surface area contributed by atoms with Gasteiger partial charge in [-0.05, 0) is 30.3 Å². The molecule has 0 radical (unpaired) electrons. The number of rotatable bonds is 6. The highest BCUT2D eigenvalue weighted by atomic mass is 35.5. The van der Waals surface area contributed by atoms with Gasteiger partial charge in [0.1, 0.15) is 6.61 Å². The van der Waals surface area contributed by atoms with Crippen LogP contribution in [0.1, 0.15) is 9.68 Å². The summed E-state index contributed by atoms with van der Waals surface area (Å²) in [5.74, 6) is 0.334. The SMILES string of the molecule is [2H]C([2H])([2H])ON(C(=O)OC)c1ccccc1COc1ccn(-c2ccc(Cl)cc2)n1. The Morgan fingerprint density at radius 1 is 1.22 bits per heavy atom. The van der Waals surface area contributed by atoms with E-state index in [-0.39, 0.29) is 12.3 Å². The fourth-order valence-electron chi connectivity index (χ4n) is 2.37. The summed E-state index contributed by atoms with van der Waals surface area (Å²) >= 11 is 5.90. The quantitative estimate of drug-likeness (QED) is 0.589. The molecule has 27 heavy (non-hydrogen) atoms. The lowest BCUT2D eigenvalue weighted by molar-refractivity contribution is 0.115. The number of methoxy groups -OCH3 is 1. The third-order valence-corrected chi connectivity index (χ3v) is 3.93. The number of para-hydroxylation sites is 1. The molecule has 0 aliphatic carbocycles. The Morgan fingerprint density at radius 2 is 2.00 bits per heavy atom. The molecule has 0 spiro atoms. The standard InChI is InChI=1S/C19H18ClN3O4/c1-25-19(24)23(26-2)17-6-4-3-5-14(17)13-27-18-11-12-22(21-18)16-9-7-15(20)8-10-16/h3-12H,13H2,1-2H3/i2D3. The van der Waals surface area contributed by atoms with Crippen LogP contribution in [-0.4, -0.2) is 30.0 Å². The largest absolute Gasteiger partial charge is 0.472 e. The van der Waals surface area contributed by atoms with E-state index in [1.165, 1.54) is 6.07 Å². The lowest BCUT2D eigenvalue weighted by Crippen LogP contribution is -2.30. The second-order valence-electron chi connectivity index (χ2n) is 5.35.